The normalized spacial score (nSPS) is 14.6. The van der Waals surface area contributed by atoms with Gasteiger partial charge in [0.05, 0.1) is 23.4 Å². The minimum absolute atomic E-state index is 0.107. The predicted octanol–water partition coefficient (Wildman–Crippen LogP) is 2.64. The molecular formula is C17H18BCl2N3O2. The SMILES string of the molecule is [B]c1cn([C@H](CC)COC)c(=O)c(N2CCc3cc(Cl)cc(Cl)c32)n1. The van der Waals surface area contributed by atoms with Crippen molar-refractivity contribution < 1.29 is 4.74 Å². The number of rotatable bonds is 5. The molecular weight excluding hydrogens is 360 g/mol. The van der Waals surface area contributed by atoms with Crippen LogP contribution in [-0.2, 0) is 11.2 Å². The van der Waals surface area contributed by atoms with Crippen molar-refractivity contribution >= 4 is 48.1 Å². The summed E-state index contributed by atoms with van der Waals surface area (Å²) in [7, 11) is 7.58. The van der Waals surface area contributed by atoms with Crippen molar-refractivity contribution in [3.8, 4) is 0 Å². The first-order valence-corrected chi connectivity index (χ1v) is 8.84. The van der Waals surface area contributed by atoms with Crippen molar-refractivity contribution in [2.45, 2.75) is 25.8 Å². The number of halogens is 2. The number of nitrogens with zero attached hydrogens (tertiary/aromatic N) is 3. The third kappa shape index (κ3) is 3.43. The van der Waals surface area contributed by atoms with Gasteiger partial charge < -0.3 is 14.2 Å². The Hall–Kier alpha value is -1.50. The van der Waals surface area contributed by atoms with Crippen LogP contribution in [0.2, 0.25) is 10.0 Å². The van der Waals surface area contributed by atoms with Crippen molar-refractivity contribution in [1.29, 1.82) is 0 Å². The highest BCUT2D eigenvalue weighted by Gasteiger charge is 2.28. The summed E-state index contributed by atoms with van der Waals surface area (Å²) in [5.41, 5.74) is 1.84. The number of hydrogen-bond acceptors (Lipinski definition) is 4. The van der Waals surface area contributed by atoms with Gasteiger partial charge in [0, 0.05) is 30.5 Å². The maximum Gasteiger partial charge on any atom is 0.294 e. The van der Waals surface area contributed by atoms with Crippen LogP contribution >= 0.6 is 23.2 Å². The van der Waals surface area contributed by atoms with E-state index in [0.29, 0.717) is 23.2 Å². The van der Waals surface area contributed by atoms with Gasteiger partial charge in [0.15, 0.2) is 5.82 Å². The number of anilines is 2. The Morgan fingerprint density at radius 1 is 1.40 bits per heavy atom. The summed E-state index contributed by atoms with van der Waals surface area (Å²) in [6, 6.07) is 3.43. The van der Waals surface area contributed by atoms with Crippen LogP contribution in [-0.4, -0.2) is 37.7 Å². The summed E-state index contributed by atoms with van der Waals surface area (Å²) in [5, 5.41) is 1.08. The highest BCUT2D eigenvalue weighted by Crippen LogP contribution is 2.40. The summed E-state index contributed by atoms with van der Waals surface area (Å²) in [5.74, 6) is 0.275. The Morgan fingerprint density at radius 3 is 2.84 bits per heavy atom. The van der Waals surface area contributed by atoms with E-state index in [1.807, 2.05) is 17.9 Å². The van der Waals surface area contributed by atoms with Crippen LogP contribution in [0, 0.1) is 0 Å². The Balaban J connectivity index is 2.12. The Labute approximate surface area is 157 Å². The van der Waals surface area contributed by atoms with Gasteiger partial charge in [-0.25, -0.2) is 4.98 Å². The highest BCUT2D eigenvalue weighted by atomic mass is 35.5. The molecule has 0 bridgehead atoms. The van der Waals surface area contributed by atoms with E-state index in [4.69, 9.17) is 35.8 Å². The maximum absolute atomic E-state index is 13.0. The van der Waals surface area contributed by atoms with Crippen molar-refractivity contribution in [3.63, 3.8) is 0 Å². The molecule has 0 fully saturated rings. The summed E-state index contributed by atoms with van der Waals surface area (Å²) >= 11 is 12.5. The van der Waals surface area contributed by atoms with Gasteiger partial charge >= 0.3 is 0 Å². The first-order valence-electron chi connectivity index (χ1n) is 8.09. The number of benzene rings is 1. The number of fused-ring (bicyclic) bond motifs is 1. The van der Waals surface area contributed by atoms with Crippen molar-refractivity contribution in [3.05, 3.63) is 44.3 Å². The standard InChI is InChI=1S/C17H18BCl2N3O2/c1-3-12(9-25-2)23-8-14(18)21-16(17(23)24)22-5-4-10-6-11(19)7-13(20)15(10)22/h6-8,12H,3-5,9H2,1-2H3/t12-/m1/s1. The second-order valence-electron chi connectivity index (χ2n) is 6.02. The number of aromatic nitrogens is 2. The molecule has 130 valence electrons. The monoisotopic (exact) mass is 377 g/mol. The van der Waals surface area contributed by atoms with Crippen LogP contribution < -0.4 is 16.1 Å². The first-order chi connectivity index (χ1) is 12.0. The zero-order valence-corrected chi connectivity index (χ0v) is 15.6. The van der Waals surface area contributed by atoms with Crippen molar-refractivity contribution in [2.75, 3.05) is 25.2 Å². The second-order valence-corrected chi connectivity index (χ2v) is 6.86. The highest BCUT2D eigenvalue weighted by molar-refractivity contribution is 6.37. The van der Waals surface area contributed by atoms with Gasteiger partial charge in [-0.1, -0.05) is 30.1 Å². The van der Waals surface area contributed by atoms with E-state index in [0.717, 1.165) is 24.1 Å². The molecule has 0 aliphatic carbocycles. The molecule has 3 rings (SSSR count). The van der Waals surface area contributed by atoms with Gasteiger partial charge in [0.2, 0.25) is 0 Å². The lowest BCUT2D eigenvalue weighted by molar-refractivity contribution is 0.151. The van der Waals surface area contributed by atoms with E-state index in [1.165, 1.54) is 0 Å². The average Bonchev–Trinajstić information content (AvgIpc) is 2.98. The summed E-state index contributed by atoms with van der Waals surface area (Å²) < 4.78 is 6.83. The number of methoxy groups -OCH3 is 1. The largest absolute Gasteiger partial charge is 0.383 e. The smallest absolute Gasteiger partial charge is 0.294 e. The molecule has 0 spiro atoms. The lowest BCUT2D eigenvalue weighted by atomic mass is 10.1. The molecule has 1 atom stereocenters. The molecule has 2 radical (unpaired) electrons. The third-order valence-corrected chi connectivity index (χ3v) is 4.90. The van der Waals surface area contributed by atoms with E-state index in [1.54, 1.807) is 23.9 Å². The molecule has 1 aromatic heterocycles. The van der Waals surface area contributed by atoms with E-state index in [2.05, 4.69) is 4.98 Å². The predicted molar refractivity (Wildman–Crippen MR) is 102 cm³/mol. The maximum atomic E-state index is 13.0. The minimum atomic E-state index is -0.211. The van der Waals surface area contributed by atoms with Gasteiger partial charge in [-0.05, 0) is 30.5 Å². The molecule has 2 heterocycles. The molecule has 0 saturated carbocycles. The van der Waals surface area contributed by atoms with E-state index < -0.39 is 0 Å². The van der Waals surface area contributed by atoms with Crippen LogP contribution in [0.4, 0.5) is 11.5 Å². The molecule has 0 unspecified atom stereocenters. The van der Waals surface area contributed by atoms with Crippen molar-refractivity contribution in [2.24, 2.45) is 0 Å². The minimum Gasteiger partial charge on any atom is -0.383 e. The molecule has 1 aromatic carbocycles. The fourth-order valence-corrected chi connectivity index (χ4v) is 3.86. The number of hydrogen-bond donors (Lipinski definition) is 0. The van der Waals surface area contributed by atoms with E-state index in [-0.39, 0.29) is 23.0 Å². The molecule has 0 saturated heterocycles. The first kappa shape index (κ1) is 18.3. The quantitative estimate of drug-likeness (QED) is 0.751. The zero-order valence-electron chi connectivity index (χ0n) is 14.1. The van der Waals surface area contributed by atoms with Crippen LogP contribution in [0.3, 0.4) is 0 Å². The Morgan fingerprint density at radius 2 is 2.16 bits per heavy atom. The zero-order chi connectivity index (χ0) is 18.1. The molecule has 0 amide bonds. The Kier molecular flexibility index (Phi) is 5.42. The van der Waals surface area contributed by atoms with Crippen molar-refractivity contribution in [1.82, 2.24) is 9.55 Å². The van der Waals surface area contributed by atoms with Gasteiger partial charge in [0.1, 0.15) is 7.85 Å². The van der Waals surface area contributed by atoms with Gasteiger partial charge in [-0.15, -0.1) is 0 Å². The Bertz CT molecular complexity index is 857. The molecule has 8 heteroatoms. The molecule has 5 nitrogen and oxygen atoms in total. The van der Waals surface area contributed by atoms with Crippen LogP contribution in [0.25, 0.3) is 0 Å². The molecule has 0 N–H and O–H groups in total. The molecule has 25 heavy (non-hydrogen) atoms. The third-order valence-electron chi connectivity index (χ3n) is 4.39. The topological polar surface area (TPSA) is 47.4 Å². The van der Waals surface area contributed by atoms with E-state index in [9.17, 15) is 4.79 Å². The fourth-order valence-electron chi connectivity index (χ4n) is 3.22. The molecule has 2 aromatic rings. The summed E-state index contributed by atoms with van der Waals surface area (Å²) in [6.45, 7) is 3.02. The summed E-state index contributed by atoms with van der Waals surface area (Å²) in [6.07, 6.45) is 3.05. The van der Waals surface area contributed by atoms with E-state index >= 15 is 0 Å². The van der Waals surface area contributed by atoms with Gasteiger partial charge in [-0.2, -0.15) is 0 Å². The average molecular weight is 378 g/mol. The van der Waals surface area contributed by atoms with Gasteiger partial charge in [0.25, 0.3) is 5.56 Å². The molecule has 1 aliphatic rings. The summed E-state index contributed by atoms with van der Waals surface area (Å²) in [4.78, 5) is 19.2. The van der Waals surface area contributed by atoms with Crippen LogP contribution in [0.5, 0.6) is 0 Å². The molecule has 1 aliphatic heterocycles. The second kappa shape index (κ2) is 7.40. The van der Waals surface area contributed by atoms with Crippen LogP contribution in [0.1, 0.15) is 24.9 Å². The van der Waals surface area contributed by atoms with Gasteiger partial charge in [-0.3, -0.25) is 4.79 Å². The lowest BCUT2D eigenvalue weighted by Gasteiger charge is -2.23. The fraction of sp³-hybridized carbons (Fsp3) is 0.412. The lowest BCUT2D eigenvalue weighted by Crippen LogP contribution is -2.36. The van der Waals surface area contributed by atoms with Crippen LogP contribution in [0.15, 0.2) is 23.1 Å². The number of ether oxygens (including phenoxy) is 1.